The SMILES string of the molecule is CC(C)(C)[SiH](c1ccc(C(=O)NC[C@H](C(=O)N[C@@H](CCCCNC(=O)CCC(=O)NCCC[C@@H](NC(=O)CC[C@H](NC(=O)N[C@@H](CCC(=O)O)C(=O)O)C(=O)O)C(=O)O)C(=O)O)n2cc(CNC(=O)CCP(=O)(O)CN3CCN(CPCCC(=O)O)CCN(CP(=O)(O)CCC(=O)O)CC3)nn2)cc1)C(C)(C)C. The number of aliphatic carboxylic acids is 7. The Morgan fingerprint density at radius 1 is 0.509 bits per heavy atom. The fourth-order valence-corrected chi connectivity index (χ4v) is 21.6. The van der Waals surface area contributed by atoms with Gasteiger partial charge in [-0.3, -0.25) is 67.0 Å². The first kappa shape index (κ1) is 93.9. The molecule has 3 rings (SSSR count). The lowest BCUT2D eigenvalue weighted by Crippen LogP contribution is -2.51. The molecular formula is C65H107N14O25P3Si. The number of carbonyl (C=O) groups excluding carboxylic acids is 7. The normalized spacial score (nSPS) is 15.9. The summed E-state index contributed by atoms with van der Waals surface area (Å²) in [6.45, 7) is 14.2. The van der Waals surface area contributed by atoms with Crippen molar-refractivity contribution in [3.8, 4) is 0 Å². The number of aromatic nitrogens is 3. The second-order valence-corrected chi connectivity index (χ2v) is 39.7. The summed E-state index contributed by atoms with van der Waals surface area (Å²) < 4.78 is 27.9. The molecule has 1 aliphatic rings. The number of urea groups is 1. The van der Waals surface area contributed by atoms with Gasteiger partial charge in [-0.05, 0) is 73.3 Å². The highest BCUT2D eigenvalue weighted by Crippen LogP contribution is 2.44. The summed E-state index contributed by atoms with van der Waals surface area (Å²) in [5.41, 5.74) is 0.379. The van der Waals surface area contributed by atoms with Crippen LogP contribution in [0, 0.1) is 0 Å². The Labute approximate surface area is 628 Å². The molecule has 39 nitrogen and oxygen atoms in total. The third-order valence-electron chi connectivity index (χ3n) is 17.2. The highest BCUT2D eigenvalue weighted by atomic mass is 31.2. The molecule has 0 saturated carbocycles. The highest BCUT2D eigenvalue weighted by Gasteiger charge is 2.38. The van der Waals surface area contributed by atoms with Gasteiger partial charge in [-0.1, -0.05) is 64.1 Å². The largest absolute Gasteiger partial charge is 0.481 e. The van der Waals surface area contributed by atoms with Crippen LogP contribution in [0.15, 0.2) is 30.5 Å². The minimum absolute atomic E-state index is 0.00318. The maximum Gasteiger partial charge on any atom is 0.326 e. The number of carbonyl (C=O) groups is 14. The number of rotatable bonds is 49. The molecule has 0 spiro atoms. The Balaban J connectivity index is 1.61. The van der Waals surface area contributed by atoms with Crippen molar-refractivity contribution in [2.45, 2.75) is 178 Å². The van der Waals surface area contributed by atoms with E-state index in [1.807, 2.05) is 27.7 Å². The van der Waals surface area contributed by atoms with E-state index in [0.717, 1.165) is 9.87 Å². The zero-order valence-electron chi connectivity index (χ0n) is 61.7. The molecule has 2 heterocycles. The lowest BCUT2D eigenvalue weighted by Gasteiger charge is -2.39. The monoisotopic (exact) mass is 1600 g/mol. The van der Waals surface area contributed by atoms with E-state index >= 15 is 0 Å². The van der Waals surface area contributed by atoms with Crippen LogP contribution in [0.4, 0.5) is 4.79 Å². The second-order valence-electron chi connectivity index (χ2n) is 28.5. The topological polar surface area (TPSA) is 592 Å². The predicted molar refractivity (Wildman–Crippen MR) is 395 cm³/mol. The fourth-order valence-electron chi connectivity index (χ4n) is 12.0. The van der Waals surface area contributed by atoms with Crippen LogP contribution >= 0.6 is 23.3 Å². The summed E-state index contributed by atoms with van der Waals surface area (Å²) >= 11 is 0. The number of hydrogen-bond acceptors (Lipinski definition) is 21. The molecule has 606 valence electrons. The molecule has 0 aliphatic carbocycles. The van der Waals surface area contributed by atoms with E-state index in [-0.39, 0.29) is 127 Å². The van der Waals surface area contributed by atoms with Crippen molar-refractivity contribution in [3.63, 3.8) is 0 Å². The van der Waals surface area contributed by atoms with Gasteiger partial charge in [-0.25, -0.2) is 28.7 Å². The summed E-state index contributed by atoms with van der Waals surface area (Å²) in [7, 11) is -9.38. The Bertz CT molecular complexity index is 3490. The molecule has 8 amide bonds. The highest BCUT2D eigenvalue weighted by molar-refractivity contribution is 7.58. The average Bonchev–Trinajstić information content (AvgIpc) is 0.946. The van der Waals surface area contributed by atoms with Crippen molar-refractivity contribution >= 4 is 121 Å². The number of nitrogens with one attached hydrogen (secondary N) is 8. The maximum atomic E-state index is 14.2. The van der Waals surface area contributed by atoms with Crippen LogP contribution in [0.25, 0.3) is 0 Å². The van der Waals surface area contributed by atoms with Crippen LogP contribution in [0.5, 0.6) is 0 Å². The second kappa shape index (κ2) is 46.2. The molecule has 1 saturated heterocycles. The minimum atomic E-state index is -4.07. The van der Waals surface area contributed by atoms with E-state index in [9.17, 15) is 106 Å². The Kier molecular flexibility index (Phi) is 40.2. The standard InChI is InChI=1S/C65H107N14O25P3Si/c1-64(2,3)108(65(4,5)6)44-14-12-42(13-15-44)57(90)69-37-49(79-38-43(74-75-79)36-68-52(82)23-34-106(101,102)40-77-29-27-76(39-105-33-22-55(86)87)28-30-78(32-31-77)41-107(103,104)35-24-56(88)89)58(91)71-46(60(94)95)10-7-8-25-66-50(80)19-20-51(81)67-26-9-11-45(59(92)93)70-53(83)18-16-47(61(96)97)72-63(100)73-48(62(98)99)17-21-54(84)85/h12-15,38,45-49,105,108H,7-11,16-37,39-41H2,1-6H3,(H,66,80)(H,67,81)(H,68,82)(H,69,90)(H,70,83)(H,71,91)(H,84,85)(H,86,87)(H,88,89)(H,92,93)(H,94,95)(H,96,97)(H,98,99)(H,101,102)(H,103,104)(H2,72,73,100)/t45-,46+,47+,48+,49-/m1/s1. The number of benzene rings is 1. The molecule has 0 radical (unpaired) electrons. The molecule has 2 aromatic rings. The lowest BCUT2D eigenvalue weighted by atomic mass is 10.1. The first-order valence-electron chi connectivity index (χ1n) is 35.3. The van der Waals surface area contributed by atoms with Crippen LogP contribution in [0.3, 0.4) is 0 Å². The summed E-state index contributed by atoms with van der Waals surface area (Å²) in [4.78, 5) is 200. The van der Waals surface area contributed by atoms with E-state index in [2.05, 4.69) is 83.8 Å². The zero-order chi connectivity index (χ0) is 81.1. The van der Waals surface area contributed by atoms with Crippen molar-refractivity contribution in [2.24, 2.45) is 0 Å². The van der Waals surface area contributed by atoms with Gasteiger partial charge in [0.25, 0.3) is 5.91 Å². The summed E-state index contributed by atoms with van der Waals surface area (Å²) in [5, 5.41) is 94.2. The van der Waals surface area contributed by atoms with Crippen LogP contribution in [-0.4, -0.2) is 288 Å². The molecule has 108 heavy (non-hydrogen) atoms. The van der Waals surface area contributed by atoms with Crippen molar-refractivity contribution in [2.75, 3.05) is 96.2 Å². The van der Waals surface area contributed by atoms with Gasteiger partial charge >= 0.3 is 47.8 Å². The third-order valence-corrected chi connectivity index (χ3v) is 26.5. The smallest absolute Gasteiger partial charge is 0.326 e. The van der Waals surface area contributed by atoms with E-state index in [1.54, 1.807) is 21.9 Å². The van der Waals surface area contributed by atoms with Gasteiger partial charge in [0.1, 0.15) is 35.9 Å². The zero-order valence-corrected chi connectivity index (χ0v) is 65.6. The molecule has 1 aliphatic heterocycles. The number of carboxylic acids is 7. The molecule has 3 unspecified atom stereocenters. The lowest BCUT2D eigenvalue weighted by molar-refractivity contribution is -0.143. The van der Waals surface area contributed by atoms with Crippen molar-refractivity contribution in [1.82, 2.24) is 72.2 Å². The number of nitrogens with zero attached hydrogens (tertiary/aromatic N) is 6. The first-order valence-corrected chi connectivity index (χ1v) is 42.5. The quantitative estimate of drug-likeness (QED) is 0.0239. The molecule has 1 fully saturated rings. The van der Waals surface area contributed by atoms with Crippen LogP contribution in [-0.2, 0) is 73.2 Å². The number of amides is 8. The summed E-state index contributed by atoms with van der Waals surface area (Å²) in [5.74, 6) is -13.7. The molecule has 1 aromatic carbocycles. The molecular weight excluding hydrogens is 1500 g/mol. The minimum Gasteiger partial charge on any atom is -0.481 e. The van der Waals surface area contributed by atoms with E-state index in [0.29, 0.717) is 38.6 Å². The maximum absolute atomic E-state index is 14.2. The van der Waals surface area contributed by atoms with Gasteiger partial charge in [-0.2, -0.15) is 0 Å². The van der Waals surface area contributed by atoms with Gasteiger partial charge in [0.15, 0.2) is 0 Å². The van der Waals surface area contributed by atoms with Crippen molar-refractivity contribution in [1.29, 1.82) is 0 Å². The van der Waals surface area contributed by atoms with Gasteiger partial charge < -0.3 is 88.1 Å². The van der Waals surface area contributed by atoms with E-state index in [1.165, 1.54) is 6.20 Å². The fraction of sp³-hybridized carbons (Fsp3) is 0.662. The molecule has 0 bridgehead atoms. The number of carboxylic acid groups (broad SMARTS) is 7. The molecule has 1 aromatic heterocycles. The van der Waals surface area contributed by atoms with Gasteiger partial charge in [-0.15, -0.1) is 13.7 Å². The Hall–Kier alpha value is -8.35. The third kappa shape index (κ3) is 38.1. The Morgan fingerprint density at radius 3 is 1.46 bits per heavy atom. The van der Waals surface area contributed by atoms with E-state index in [4.69, 9.17) is 15.3 Å². The molecule has 8 atom stereocenters. The predicted octanol–water partition coefficient (Wildman–Crippen LogP) is 0.203. The van der Waals surface area contributed by atoms with Crippen molar-refractivity contribution in [3.05, 3.63) is 41.7 Å². The number of hydrogen-bond donors (Lipinski definition) is 17. The number of unbranched alkanes of at least 4 members (excludes halogenated alkanes) is 1. The Morgan fingerprint density at radius 2 is 0.963 bits per heavy atom. The van der Waals surface area contributed by atoms with Gasteiger partial charge in [0, 0.05) is 122 Å². The molecule has 17 N–H and O–H groups in total. The van der Waals surface area contributed by atoms with Crippen molar-refractivity contribution < 1.29 is 122 Å². The summed E-state index contributed by atoms with van der Waals surface area (Å²) in [6, 6.07) is -1.86. The van der Waals surface area contributed by atoms with Crippen LogP contribution in [0.2, 0.25) is 10.1 Å². The first-order chi connectivity index (χ1) is 50.4. The van der Waals surface area contributed by atoms with Crippen LogP contribution in [0.1, 0.15) is 154 Å². The van der Waals surface area contributed by atoms with Crippen LogP contribution < -0.4 is 47.7 Å². The average molecular weight is 1610 g/mol. The van der Waals surface area contributed by atoms with E-state index < -0.39 is 194 Å². The molecule has 43 heteroatoms. The van der Waals surface area contributed by atoms with Gasteiger partial charge in [0.2, 0.25) is 44.3 Å². The van der Waals surface area contributed by atoms with Gasteiger partial charge in [0.05, 0.1) is 40.5 Å². The summed E-state index contributed by atoms with van der Waals surface area (Å²) in [6.07, 6.45) is -3.03.